The van der Waals surface area contributed by atoms with E-state index in [9.17, 15) is 4.79 Å². The number of unbranched alkanes of at least 4 members (excludes halogenated alkanes) is 2. The molecule has 0 aliphatic carbocycles. The van der Waals surface area contributed by atoms with E-state index in [0.717, 1.165) is 44.2 Å². The zero-order valence-corrected chi connectivity index (χ0v) is 10.7. The van der Waals surface area contributed by atoms with E-state index in [1.165, 1.54) is 5.56 Å². The fourth-order valence-corrected chi connectivity index (χ4v) is 1.90. The second-order valence-corrected chi connectivity index (χ2v) is 4.47. The molecule has 2 nitrogen and oxygen atoms in total. The molecule has 2 N–H and O–H groups in total. The van der Waals surface area contributed by atoms with Gasteiger partial charge in [0, 0.05) is 12.0 Å². The maximum Gasteiger partial charge on any atom is 0.162 e. The molecule has 0 bridgehead atoms. The zero-order valence-electron chi connectivity index (χ0n) is 10.7. The molecule has 1 aromatic carbocycles. The van der Waals surface area contributed by atoms with E-state index < -0.39 is 0 Å². The van der Waals surface area contributed by atoms with Crippen molar-refractivity contribution in [3.05, 3.63) is 35.4 Å². The molecule has 1 aromatic rings. The number of nitrogens with two attached hydrogens (primary N) is 1. The molecule has 1 rings (SSSR count). The molecule has 0 heterocycles. The van der Waals surface area contributed by atoms with Gasteiger partial charge < -0.3 is 5.73 Å². The summed E-state index contributed by atoms with van der Waals surface area (Å²) < 4.78 is 0. The molecule has 0 fully saturated rings. The van der Waals surface area contributed by atoms with Crippen LogP contribution in [0.4, 0.5) is 0 Å². The van der Waals surface area contributed by atoms with Gasteiger partial charge in [0.25, 0.3) is 0 Å². The maximum absolute atomic E-state index is 11.8. The number of benzene rings is 1. The topological polar surface area (TPSA) is 43.1 Å². The van der Waals surface area contributed by atoms with Gasteiger partial charge in [-0.25, -0.2) is 0 Å². The molecule has 2 heteroatoms. The Morgan fingerprint density at radius 1 is 1.12 bits per heavy atom. The summed E-state index contributed by atoms with van der Waals surface area (Å²) in [5.74, 6) is 0.255. The van der Waals surface area contributed by atoms with Gasteiger partial charge >= 0.3 is 0 Å². The molecule has 0 radical (unpaired) electrons. The van der Waals surface area contributed by atoms with E-state index in [2.05, 4.69) is 19.1 Å². The molecule has 94 valence electrons. The lowest BCUT2D eigenvalue weighted by Crippen LogP contribution is -2.01. The van der Waals surface area contributed by atoms with Crippen molar-refractivity contribution in [3.8, 4) is 0 Å². The first-order valence-corrected chi connectivity index (χ1v) is 6.60. The Bertz CT molecular complexity index is 329. The Labute approximate surface area is 104 Å². The molecule has 0 unspecified atom stereocenters. The van der Waals surface area contributed by atoms with Crippen molar-refractivity contribution in [1.29, 1.82) is 0 Å². The number of carbonyl (C=O) groups excluding carboxylic acids is 1. The molecular formula is C15H23NO. The lowest BCUT2D eigenvalue weighted by atomic mass is 10.0. The maximum atomic E-state index is 11.8. The van der Waals surface area contributed by atoms with E-state index in [4.69, 9.17) is 5.73 Å². The average Bonchev–Trinajstić information content (AvgIpc) is 2.36. The highest BCUT2D eigenvalue weighted by Gasteiger charge is 2.04. The quantitative estimate of drug-likeness (QED) is 0.553. The van der Waals surface area contributed by atoms with Crippen LogP contribution in [0.3, 0.4) is 0 Å². The Balaban J connectivity index is 2.40. The highest BCUT2D eigenvalue weighted by atomic mass is 16.1. The van der Waals surface area contributed by atoms with E-state index in [0.29, 0.717) is 6.42 Å². The van der Waals surface area contributed by atoms with Crippen molar-refractivity contribution in [3.63, 3.8) is 0 Å². The summed E-state index contributed by atoms with van der Waals surface area (Å²) in [6.07, 6.45) is 5.90. The molecule has 0 amide bonds. The highest BCUT2D eigenvalue weighted by Crippen LogP contribution is 2.11. The SMILES string of the molecule is CCCc1ccc(C(=O)CCCCCN)cc1. The summed E-state index contributed by atoms with van der Waals surface area (Å²) in [5.41, 5.74) is 7.57. The van der Waals surface area contributed by atoms with Crippen LogP contribution in [-0.2, 0) is 6.42 Å². The van der Waals surface area contributed by atoms with Crippen molar-refractivity contribution in [1.82, 2.24) is 0 Å². The summed E-state index contributed by atoms with van der Waals surface area (Å²) in [5, 5.41) is 0. The standard InChI is InChI=1S/C15H23NO/c1-2-6-13-8-10-14(11-9-13)15(17)7-4-3-5-12-16/h8-11H,2-7,12,16H2,1H3. The van der Waals surface area contributed by atoms with Gasteiger partial charge in [-0.3, -0.25) is 4.79 Å². The van der Waals surface area contributed by atoms with Gasteiger partial charge in [-0.1, -0.05) is 44.0 Å². The predicted octanol–water partition coefficient (Wildman–Crippen LogP) is 3.34. The average molecular weight is 233 g/mol. The van der Waals surface area contributed by atoms with E-state index >= 15 is 0 Å². The largest absolute Gasteiger partial charge is 0.330 e. The fourth-order valence-electron chi connectivity index (χ4n) is 1.90. The highest BCUT2D eigenvalue weighted by molar-refractivity contribution is 5.96. The molecule has 0 saturated carbocycles. The predicted molar refractivity (Wildman–Crippen MR) is 72.3 cm³/mol. The second kappa shape index (κ2) is 8.02. The number of ketones is 1. The Morgan fingerprint density at radius 3 is 2.41 bits per heavy atom. The van der Waals surface area contributed by atoms with Gasteiger partial charge in [0.1, 0.15) is 0 Å². The summed E-state index contributed by atoms with van der Waals surface area (Å²) in [6, 6.07) is 8.04. The summed E-state index contributed by atoms with van der Waals surface area (Å²) in [6.45, 7) is 2.89. The Morgan fingerprint density at radius 2 is 1.82 bits per heavy atom. The third-order valence-electron chi connectivity index (χ3n) is 2.92. The first-order valence-electron chi connectivity index (χ1n) is 6.60. The van der Waals surface area contributed by atoms with Gasteiger partial charge in [0.05, 0.1) is 0 Å². The van der Waals surface area contributed by atoms with Gasteiger partial charge in [0.15, 0.2) is 5.78 Å². The van der Waals surface area contributed by atoms with Crippen LogP contribution in [0.5, 0.6) is 0 Å². The number of carbonyl (C=O) groups is 1. The number of aryl methyl sites for hydroxylation is 1. The van der Waals surface area contributed by atoms with Gasteiger partial charge in [-0.05, 0) is 31.4 Å². The second-order valence-electron chi connectivity index (χ2n) is 4.47. The van der Waals surface area contributed by atoms with Crippen LogP contribution >= 0.6 is 0 Å². The third-order valence-corrected chi connectivity index (χ3v) is 2.92. The molecule has 0 saturated heterocycles. The van der Waals surface area contributed by atoms with Crippen LogP contribution in [0.15, 0.2) is 24.3 Å². The molecular weight excluding hydrogens is 210 g/mol. The molecule has 0 spiro atoms. The smallest absolute Gasteiger partial charge is 0.162 e. The van der Waals surface area contributed by atoms with Crippen molar-refractivity contribution in [2.24, 2.45) is 5.73 Å². The van der Waals surface area contributed by atoms with Gasteiger partial charge in [-0.15, -0.1) is 0 Å². The number of hydrogen-bond acceptors (Lipinski definition) is 2. The minimum absolute atomic E-state index is 0.255. The summed E-state index contributed by atoms with van der Waals surface area (Å²) in [7, 11) is 0. The third kappa shape index (κ3) is 5.14. The number of Topliss-reactive ketones (excluding diaryl/α,β-unsaturated/α-hetero) is 1. The lowest BCUT2D eigenvalue weighted by molar-refractivity contribution is 0.0979. The van der Waals surface area contributed by atoms with Gasteiger partial charge in [0.2, 0.25) is 0 Å². The van der Waals surface area contributed by atoms with Crippen molar-refractivity contribution >= 4 is 5.78 Å². The van der Waals surface area contributed by atoms with Crippen LogP contribution < -0.4 is 5.73 Å². The number of hydrogen-bond donors (Lipinski definition) is 1. The van der Waals surface area contributed by atoms with E-state index in [1.54, 1.807) is 0 Å². The zero-order chi connectivity index (χ0) is 12.5. The first-order chi connectivity index (χ1) is 8.27. The van der Waals surface area contributed by atoms with Crippen LogP contribution in [0.2, 0.25) is 0 Å². The van der Waals surface area contributed by atoms with Crippen molar-refractivity contribution in [2.75, 3.05) is 6.54 Å². The van der Waals surface area contributed by atoms with Crippen LogP contribution in [0, 0.1) is 0 Å². The molecule has 17 heavy (non-hydrogen) atoms. The molecule has 0 aliphatic heterocycles. The Hall–Kier alpha value is -1.15. The fraction of sp³-hybridized carbons (Fsp3) is 0.533. The van der Waals surface area contributed by atoms with Crippen molar-refractivity contribution in [2.45, 2.75) is 45.4 Å². The van der Waals surface area contributed by atoms with E-state index in [1.807, 2.05) is 12.1 Å². The normalized spacial score (nSPS) is 10.5. The Kier molecular flexibility index (Phi) is 6.56. The minimum Gasteiger partial charge on any atom is -0.330 e. The number of rotatable bonds is 8. The minimum atomic E-state index is 0.255. The van der Waals surface area contributed by atoms with Crippen LogP contribution in [0.1, 0.15) is 54.9 Å². The molecule has 0 atom stereocenters. The van der Waals surface area contributed by atoms with Gasteiger partial charge in [-0.2, -0.15) is 0 Å². The van der Waals surface area contributed by atoms with Crippen LogP contribution in [-0.4, -0.2) is 12.3 Å². The van der Waals surface area contributed by atoms with Crippen LogP contribution in [0.25, 0.3) is 0 Å². The monoisotopic (exact) mass is 233 g/mol. The van der Waals surface area contributed by atoms with E-state index in [-0.39, 0.29) is 5.78 Å². The van der Waals surface area contributed by atoms with Crippen molar-refractivity contribution < 1.29 is 4.79 Å². The summed E-state index contributed by atoms with van der Waals surface area (Å²) >= 11 is 0. The molecule has 0 aliphatic rings. The first kappa shape index (κ1) is 13.9. The molecule has 0 aromatic heterocycles. The summed E-state index contributed by atoms with van der Waals surface area (Å²) in [4.78, 5) is 11.8. The lowest BCUT2D eigenvalue weighted by Gasteiger charge is -2.03.